The quantitative estimate of drug-likeness (QED) is 0.647. The Morgan fingerprint density at radius 1 is 1.37 bits per heavy atom. The van der Waals surface area contributed by atoms with E-state index < -0.39 is 10.0 Å². The van der Waals surface area contributed by atoms with E-state index in [4.69, 9.17) is 23.3 Å². The fraction of sp³-hybridized carbons (Fsp3) is 0.308. The van der Waals surface area contributed by atoms with Crippen LogP contribution in [0.3, 0.4) is 0 Å². The summed E-state index contributed by atoms with van der Waals surface area (Å²) < 4.78 is 26.5. The second-order valence-electron chi connectivity index (χ2n) is 3.82. The first-order valence-corrected chi connectivity index (χ1v) is 7.50. The predicted molar refractivity (Wildman–Crippen MR) is 74.0 cm³/mol. The highest BCUT2D eigenvalue weighted by Crippen LogP contribution is 2.22. The summed E-state index contributed by atoms with van der Waals surface area (Å²) in [7, 11) is -3.70. The summed E-state index contributed by atoms with van der Waals surface area (Å²) in [5.74, 6) is 2.49. The molecule has 0 amide bonds. The number of nitriles is 1. The average molecular weight is 297 g/mol. The fourth-order valence-electron chi connectivity index (χ4n) is 1.42. The second-order valence-corrected chi connectivity index (χ2v) is 5.96. The number of benzene rings is 1. The van der Waals surface area contributed by atoms with Crippen LogP contribution in [-0.4, -0.2) is 15.0 Å². The zero-order valence-corrected chi connectivity index (χ0v) is 11.8. The Bertz CT molecular complexity index is 627. The van der Waals surface area contributed by atoms with Gasteiger partial charge < -0.3 is 0 Å². The molecule has 0 unspecified atom stereocenters. The molecule has 0 fully saturated rings. The molecule has 0 saturated heterocycles. The van der Waals surface area contributed by atoms with E-state index in [2.05, 4.69) is 10.6 Å². The van der Waals surface area contributed by atoms with E-state index in [1.807, 2.05) is 6.07 Å². The number of hydrogen-bond acceptors (Lipinski definition) is 3. The molecular weight excluding hydrogens is 284 g/mol. The minimum absolute atomic E-state index is 0.0785. The summed E-state index contributed by atoms with van der Waals surface area (Å²) in [4.78, 5) is -0.0785. The molecule has 19 heavy (non-hydrogen) atoms. The van der Waals surface area contributed by atoms with Gasteiger partial charge in [-0.1, -0.05) is 11.6 Å². The maximum Gasteiger partial charge on any atom is 0.242 e. The van der Waals surface area contributed by atoms with E-state index in [1.54, 1.807) is 0 Å². The summed E-state index contributed by atoms with van der Waals surface area (Å²) in [6.45, 7) is 0.289. The van der Waals surface area contributed by atoms with Gasteiger partial charge in [-0.25, -0.2) is 13.1 Å². The minimum Gasteiger partial charge on any atom is -0.211 e. The van der Waals surface area contributed by atoms with Crippen molar-refractivity contribution >= 4 is 21.6 Å². The number of hydrogen-bond donors (Lipinski definition) is 1. The maximum atomic E-state index is 12.0. The second kappa shape index (κ2) is 7.16. The van der Waals surface area contributed by atoms with Crippen molar-refractivity contribution in [3.05, 3.63) is 28.8 Å². The number of halogens is 1. The zero-order chi connectivity index (χ0) is 14.3. The van der Waals surface area contributed by atoms with E-state index in [0.29, 0.717) is 12.8 Å². The molecule has 0 saturated carbocycles. The molecule has 0 heterocycles. The van der Waals surface area contributed by atoms with Gasteiger partial charge in [-0.2, -0.15) is 5.26 Å². The van der Waals surface area contributed by atoms with Crippen LogP contribution in [0.1, 0.15) is 24.8 Å². The average Bonchev–Trinajstić information content (AvgIpc) is 2.39. The highest BCUT2D eigenvalue weighted by Gasteiger charge is 2.17. The van der Waals surface area contributed by atoms with Crippen molar-refractivity contribution in [1.82, 2.24) is 4.72 Å². The topological polar surface area (TPSA) is 70.0 Å². The van der Waals surface area contributed by atoms with Crippen molar-refractivity contribution in [2.24, 2.45) is 0 Å². The highest BCUT2D eigenvalue weighted by atomic mass is 35.5. The molecule has 0 aliphatic heterocycles. The van der Waals surface area contributed by atoms with E-state index >= 15 is 0 Å². The van der Waals surface area contributed by atoms with Gasteiger partial charge in [0.2, 0.25) is 10.0 Å². The van der Waals surface area contributed by atoms with Crippen LogP contribution >= 0.6 is 11.6 Å². The van der Waals surface area contributed by atoms with Crippen LogP contribution in [0.25, 0.3) is 0 Å². The minimum atomic E-state index is -3.70. The lowest BCUT2D eigenvalue weighted by Crippen LogP contribution is -2.25. The Hall–Kier alpha value is -1.53. The van der Waals surface area contributed by atoms with Crippen LogP contribution in [0.2, 0.25) is 5.02 Å². The third-order valence-electron chi connectivity index (χ3n) is 2.39. The SMILES string of the molecule is C#CCCCCNS(=O)(=O)c1cc(C#N)ccc1Cl. The number of rotatable bonds is 6. The van der Waals surface area contributed by atoms with Crippen LogP contribution in [0.4, 0.5) is 0 Å². The first-order chi connectivity index (χ1) is 9.01. The molecule has 0 spiro atoms. The largest absolute Gasteiger partial charge is 0.242 e. The molecule has 0 bridgehead atoms. The van der Waals surface area contributed by atoms with E-state index in [-0.39, 0.29) is 22.0 Å². The monoisotopic (exact) mass is 296 g/mol. The summed E-state index contributed by atoms with van der Waals surface area (Å²) >= 11 is 5.85. The van der Waals surface area contributed by atoms with Gasteiger partial charge in [-0.05, 0) is 31.0 Å². The van der Waals surface area contributed by atoms with E-state index in [9.17, 15) is 8.42 Å². The zero-order valence-electron chi connectivity index (χ0n) is 10.2. The van der Waals surface area contributed by atoms with Crippen LogP contribution < -0.4 is 4.72 Å². The van der Waals surface area contributed by atoms with Gasteiger partial charge in [0.1, 0.15) is 4.90 Å². The third kappa shape index (κ3) is 4.57. The molecule has 1 rings (SSSR count). The van der Waals surface area contributed by atoms with Gasteiger partial charge in [0.15, 0.2) is 0 Å². The van der Waals surface area contributed by atoms with Crippen LogP contribution in [0.5, 0.6) is 0 Å². The molecule has 1 N–H and O–H groups in total. The number of nitrogens with one attached hydrogen (secondary N) is 1. The van der Waals surface area contributed by atoms with Crippen molar-refractivity contribution in [3.8, 4) is 18.4 Å². The fourth-order valence-corrected chi connectivity index (χ4v) is 3.01. The molecule has 4 nitrogen and oxygen atoms in total. The van der Waals surface area contributed by atoms with Gasteiger partial charge >= 0.3 is 0 Å². The molecule has 0 aliphatic carbocycles. The van der Waals surface area contributed by atoms with Crippen molar-refractivity contribution in [2.45, 2.75) is 24.2 Å². The normalized spacial score (nSPS) is 10.7. The van der Waals surface area contributed by atoms with Crippen molar-refractivity contribution in [3.63, 3.8) is 0 Å². The molecule has 100 valence electrons. The molecule has 0 atom stereocenters. The maximum absolute atomic E-state index is 12.0. The van der Waals surface area contributed by atoms with Gasteiger partial charge in [-0.3, -0.25) is 0 Å². The number of nitrogens with zero attached hydrogens (tertiary/aromatic N) is 1. The van der Waals surface area contributed by atoms with Gasteiger partial charge in [-0.15, -0.1) is 12.3 Å². The van der Waals surface area contributed by atoms with E-state index in [0.717, 1.165) is 6.42 Å². The lowest BCUT2D eigenvalue weighted by atomic mass is 10.2. The molecule has 1 aromatic carbocycles. The number of unbranched alkanes of at least 4 members (excludes halogenated alkanes) is 2. The Kier molecular flexibility index (Phi) is 5.85. The molecular formula is C13H13ClN2O2S. The standard InChI is InChI=1S/C13H13ClN2O2S/c1-2-3-4-5-8-16-19(17,18)13-9-11(10-15)6-7-12(13)14/h1,6-7,9,16H,3-5,8H2. The molecule has 0 aliphatic rings. The predicted octanol–water partition coefficient (Wildman–Crippen LogP) is 2.29. The third-order valence-corrected chi connectivity index (χ3v) is 4.33. The highest BCUT2D eigenvalue weighted by molar-refractivity contribution is 7.89. The van der Waals surface area contributed by atoms with Crippen molar-refractivity contribution in [1.29, 1.82) is 5.26 Å². The lowest BCUT2D eigenvalue weighted by Gasteiger charge is -2.08. The van der Waals surface area contributed by atoms with Crippen molar-refractivity contribution in [2.75, 3.05) is 6.54 Å². The van der Waals surface area contributed by atoms with Gasteiger partial charge in [0.05, 0.1) is 16.7 Å². The smallest absolute Gasteiger partial charge is 0.211 e. The molecule has 0 radical (unpaired) electrons. The molecule has 1 aromatic rings. The van der Waals surface area contributed by atoms with Gasteiger partial charge in [0, 0.05) is 13.0 Å². The summed E-state index contributed by atoms with van der Waals surface area (Å²) in [6.07, 6.45) is 7.13. The van der Waals surface area contributed by atoms with Gasteiger partial charge in [0.25, 0.3) is 0 Å². The van der Waals surface area contributed by atoms with E-state index in [1.165, 1.54) is 18.2 Å². The first kappa shape index (κ1) is 15.5. The Labute approximate surface area is 118 Å². The van der Waals surface area contributed by atoms with Crippen LogP contribution in [0, 0.1) is 23.7 Å². The number of terminal acetylenes is 1. The summed E-state index contributed by atoms with van der Waals surface area (Å²) in [5.41, 5.74) is 0.247. The Morgan fingerprint density at radius 2 is 2.11 bits per heavy atom. The lowest BCUT2D eigenvalue weighted by molar-refractivity contribution is 0.577. The van der Waals surface area contributed by atoms with Crippen LogP contribution in [0.15, 0.2) is 23.1 Å². The molecule has 6 heteroatoms. The summed E-state index contributed by atoms with van der Waals surface area (Å²) in [5, 5.41) is 8.86. The molecule has 0 aromatic heterocycles. The summed E-state index contributed by atoms with van der Waals surface area (Å²) in [6, 6.07) is 6.00. The first-order valence-electron chi connectivity index (χ1n) is 5.64. The number of sulfonamides is 1. The Balaban J connectivity index is 2.78. The Morgan fingerprint density at radius 3 is 2.74 bits per heavy atom. The van der Waals surface area contributed by atoms with Crippen LogP contribution in [-0.2, 0) is 10.0 Å². The van der Waals surface area contributed by atoms with Crippen molar-refractivity contribution < 1.29 is 8.42 Å².